The fourth-order valence-corrected chi connectivity index (χ4v) is 3.24. The summed E-state index contributed by atoms with van der Waals surface area (Å²) < 4.78 is 24.9. The van der Waals surface area contributed by atoms with Gasteiger partial charge in [-0.2, -0.15) is 0 Å². The van der Waals surface area contributed by atoms with Crippen molar-refractivity contribution in [3.63, 3.8) is 0 Å². The normalized spacial score (nSPS) is 16.4. The minimum Gasteiger partial charge on any atom is -0.343 e. The minimum atomic E-state index is -3.24. The van der Waals surface area contributed by atoms with E-state index in [1.54, 1.807) is 0 Å². The molecule has 1 heterocycles. The van der Waals surface area contributed by atoms with E-state index >= 15 is 0 Å². The van der Waals surface area contributed by atoms with Crippen LogP contribution in [0.15, 0.2) is 0 Å². The largest absolute Gasteiger partial charge is 0.343 e. The van der Waals surface area contributed by atoms with Gasteiger partial charge in [0.15, 0.2) is 0 Å². The zero-order valence-electron chi connectivity index (χ0n) is 12.8. The molecule has 1 rings (SSSR count). The smallest absolute Gasteiger partial charge is 0.223 e. The second kappa shape index (κ2) is 7.95. The third-order valence-corrected chi connectivity index (χ3v) is 4.82. The van der Waals surface area contributed by atoms with Gasteiger partial charge in [0.25, 0.3) is 0 Å². The Morgan fingerprint density at radius 3 is 2.20 bits per heavy atom. The van der Waals surface area contributed by atoms with Crippen LogP contribution in [0.4, 0.5) is 0 Å². The second-order valence-electron chi connectivity index (χ2n) is 5.66. The number of amides is 1. The summed E-state index contributed by atoms with van der Waals surface area (Å²) in [6.45, 7) is 3.24. The van der Waals surface area contributed by atoms with Crippen molar-refractivity contribution in [2.24, 2.45) is 0 Å². The van der Waals surface area contributed by atoms with Crippen molar-refractivity contribution in [2.45, 2.75) is 25.7 Å². The van der Waals surface area contributed by atoms with Crippen LogP contribution in [0.2, 0.25) is 0 Å². The Labute approximate surface area is 122 Å². The van der Waals surface area contributed by atoms with Gasteiger partial charge < -0.3 is 9.80 Å². The van der Waals surface area contributed by atoms with Crippen LogP contribution >= 0.6 is 0 Å². The molecule has 0 N–H and O–H groups in total. The van der Waals surface area contributed by atoms with Gasteiger partial charge in [0.05, 0.1) is 6.26 Å². The van der Waals surface area contributed by atoms with E-state index in [1.807, 2.05) is 23.9 Å². The van der Waals surface area contributed by atoms with Crippen LogP contribution in [-0.4, -0.2) is 81.5 Å². The lowest BCUT2D eigenvalue weighted by molar-refractivity contribution is -0.130. The summed E-state index contributed by atoms with van der Waals surface area (Å²) >= 11 is 0. The highest BCUT2D eigenvalue weighted by molar-refractivity contribution is 7.88. The zero-order valence-corrected chi connectivity index (χ0v) is 13.7. The van der Waals surface area contributed by atoms with Crippen LogP contribution in [0.25, 0.3) is 0 Å². The molecule has 1 saturated heterocycles. The maximum Gasteiger partial charge on any atom is 0.223 e. The monoisotopic (exact) mass is 305 g/mol. The average molecular weight is 305 g/mol. The Morgan fingerprint density at radius 1 is 1.10 bits per heavy atom. The Balaban J connectivity index is 2.42. The molecule has 1 amide bonds. The molecular formula is C13H27N3O3S. The van der Waals surface area contributed by atoms with Crippen LogP contribution in [-0.2, 0) is 14.8 Å². The van der Waals surface area contributed by atoms with E-state index in [1.165, 1.54) is 10.6 Å². The van der Waals surface area contributed by atoms with E-state index in [-0.39, 0.29) is 12.3 Å². The third-order valence-electron chi connectivity index (χ3n) is 3.52. The predicted octanol–water partition coefficient (Wildman–Crippen LogP) is 0.212. The zero-order chi connectivity index (χ0) is 15.2. The van der Waals surface area contributed by atoms with Gasteiger partial charge in [0, 0.05) is 32.6 Å². The number of carbonyl (C=O) groups excluding carboxylic acids is 1. The molecule has 0 aromatic carbocycles. The number of likely N-dealkylation sites (tertiary alicyclic amines) is 1. The van der Waals surface area contributed by atoms with Crippen molar-refractivity contribution in [2.75, 3.05) is 53.1 Å². The molecule has 0 unspecified atom stereocenters. The fourth-order valence-electron chi connectivity index (χ4n) is 2.35. The Kier molecular flexibility index (Phi) is 6.91. The molecule has 7 heteroatoms. The standard InChI is InChI=1S/C13H27N3O3S/c1-14(2)8-6-11-16(20(3,18)19)12-7-13(17)15-9-4-5-10-15/h4-12H2,1-3H3. The van der Waals surface area contributed by atoms with Gasteiger partial charge in [0.2, 0.25) is 15.9 Å². The molecule has 0 radical (unpaired) electrons. The molecule has 1 aliphatic rings. The summed E-state index contributed by atoms with van der Waals surface area (Å²) in [7, 11) is 0.682. The lowest BCUT2D eigenvalue weighted by Crippen LogP contribution is -2.37. The predicted molar refractivity (Wildman–Crippen MR) is 80.0 cm³/mol. The quantitative estimate of drug-likeness (QED) is 0.643. The molecule has 118 valence electrons. The summed E-state index contributed by atoms with van der Waals surface area (Å²) in [5.41, 5.74) is 0. The van der Waals surface area contributed by atoms with Gasteiger partial charge in [0.1, 0.15) is 0 Å². The van der Waals surface area contributed by atoms with E-state index in [9.17, 15) is 13.2 Å². The highest BCUT2D eigenvalue weighted by Crippen LogP contribution is 2.10. The van der Waals surface area contributed by atoms with E-state index in [0.717, 1.165) is 38.9 Å². The number of hydrogen-bond acceptors (Lipinski definition) is 4. The molecular weight excluding hydrogens is 278 g/mol. The maximum absolute atomic E-state index is 12.0. The average Bonchev–Trinajstić information content (AvgIpc) is 2.84. The van der Waals surface area contributed by atoms with Crippen molar-refractivity contribution in [1.29, 1.82) is 0 Å². The lowest BCUT2D eigenvalue weighted by Gasteiger charge is -2.22. The molecule has 1 fully saturated rings. The summed E-state index contributed by atoms with van der Waals surface area (Å²) in [5.74, 6) is 0.0729. The number of hydrogen-bond donors (Lipinski definition) is 0. The summed E-state index contributed by atoms with van der Waals surface area (Å²) in [6, 6.07) is 0. The SMILES string of the molecule is CN(C)CCCN(CCC(=O)N1CCCC1)S(C)(=O)=O. The van der Waals surface area contributed by atoms with Gasteiger partial charge in [-0.25, -0.2) is 12.7 Å². The van der Waals surface area contributed by atoms with Crippen LogP contribution in [0.5, 0.6) is 0 Å². The second-order valence-corrected chi connectivity index (χ2v) is 7.64. The number of nitrogens with zero attached hydrogens (tertiary/aromatic N) is 3. The van der Waals surface area contributed by atoms with Gasteiger partial charge in [-0.3, -0.25) is 4.79 Å². The van der Waals surface area contributed by atoms with E-state index in [0.29, 0.717) is 13.1 Å². The molecule has 20 heavy (non-hydrogen) atoms. The first-order valence-corrected chi connectivity index (χ1v) is 9.03. The first-order valence-electron chi connectivity index (χ1n) is 7.18. The van der Waals surface area contributed by atoms with Crippen LogP contribution in [0.3, 0.4) is 0 Å². The first-order chi connectivity index (χ1) is 9.30. The van der Waals surface area contributed by atoms with E-state index < -0.39 is 10.0 Å². The molecule has 0 aliphatic carbocycles. The van der Waals surface area contributed by atoms with Crippen molar-refractivity contribution in [3.05, 3.63) is 0 Å². The summed E-state index contributed by atoms with van der Waals surface area (Å²) in [6.07, 6.45) is 4.39. The van der Waals surface area contributed by atoms with E-state index in [2.05, 4.69) is 0 Å². The third kappa shape index (κ3) is 6.19. The molecule has 0 spiro atoms. The van der Waals surface area contributed by atoms with Crippen molar-refractivity contribution < 1.29 is 13.2 Å². The fraction of sp³-hybridized carbons (Fsp3) is 0.923. The molecule has 0 aromatic rings. The van der Waals surface area contributed by atoms with Gasteiger partial charge >= 0.3 is 0 Å². The van der Waals surface area contributed by atoms with Crippen molar-refractivity contribution >= 4 is 15.9 Å². The Hall–Kier alpha value is -0.660. The lowest BCUT2D eigenvalue weighted by atomic mass is 10.3. The first kappa shape index (κ1) is 17.4. The van der Waals surface area contributed by atoms with Crippen LogP contribution < -0.4 is 0 Å². The molecule has 1 aliphatic heterocycles. The Bertz CT molecular complexity index is 403. The molecule has 0 bridgehead atoms. The van der Waals surface area contributed by atoms with Crippen molar-refractivity contribution in [1.82, 2.24) is 14.1 Å². The summed E-state index contributed by atoms with van der Waals surface area (Å²) in [5, 5.41) is 0. The number of rotatable bonds is 8. The van der Waals surface area contributed by atoms with Gasteiger partial charge in [-0.05, 0) is 39.9 Å². The van der Waals surface area contributed by atoms with Gasteiger partial charge in [-0.1, -0.05) is 0 Å². The highest BCUT2D eigenvalue weighted by Gasteiger charge is 2.21. The van der Waals surface area contributed by atoms with Gasteiger partial charge in [-0.15, -0.1) is 0 Å². The number of carbonyl (C=O) groups is 1. The maximum atomic E-state index is 12.0. The highest BCUT2D eigenvalue weighted by atomic mass is 32.2. The Morgan fingerprint density at radius 2 is 1.70 bits per heavy atom. The molecule has 6 nitrogen and oxygen atoms in total. The number of sulfonamides is 1. The topological polar surface area (TPSA) is 60.9 Å². The van der Waals surface area contributed by atoms with Crippen LogP contribution in [0.1, 0.15) is 25.7 Å². The molecule has 0 aromatic heterocycles. The summed E-state index contributed by atoms with van der Waals surface area (Å²) in [4.78, 5) is 15.8. The molecule has 0 saturated carbocycles. The molecule has 0 atom stereocenters. The van der Waals surface area contributed by atoms with E-state index in [4.69, 9.17) is 0 Å². The minimum absolute atomic E-state index is 0.0729. The van der Waals surface area contributed by atoms with Crippen LogP contribution in [0, 0.1) is 0 Å². The van der Waals surface area contributed by atoms with Crippen molar-refractivity contribution in [3.8, 4) is 0 Å².